The molecule has 3 aromatic rings. The van der Waals surface area contributed by atoms with E-state index in [4.69, 9.17) is 4.74 Å². The summed E-state index contributed by atoms with van der Waals surface area (Å²) in [6, 6.07) is 22.8. The number of ether oxygens (including phenoxy) is 1. The van der Waals surface area contributed by atoms with Crippen LogP contribution in [0.15, 0.2) is 88.2 Å². The van der Waals surface area contributed by atoms with Crippen molar-refractivity contribution in [3.63, 3.8) is 0 Å². The van der Waals surface area contributed by atoms with Gasteiger partial charge >= 0.3 is 0 Å². The summed E-state index contributed by atoms with van der Waals surface area (Å²) in [5.74, 6) is 0.200. The number of carbonyl (C=O) groups is 1. The Morgan fingerprint density at radius 3 is 2.21 bits per heavy atom. The number of hydrogen-bond acceptors (Lipinski definition) is 4. The fourth-order valence-corrected chi connectivity index (χ4v) is 3.68. The Kier molecular flexibility index (Phi) is 7.03. The van der Waals surface area contributed by atoms with Gasteiger partial charge in [-0.2, -0.15) is 0 Å². The minimum atomic E-state index is -3.76. The fraction of sp³-hybridized carbons (Fsp3) is 0.0952. The highest BCUT2D eigenvalue weighted by Crippen LogP contribution is 2.17. The number of nitrogens with one attached hydrogen (secondary N) is 2. The van der Waals surface area contributed by atoms with E-state index in [9.17, 15) is 13.2 Å². The van der Waals surface area contributed by atoms with E-state index in [1.165, 1.54) is 12.1 Å². The lowest BCUT2D eigenvalue weighted by molar-refractivity contribution is -0.115. The molecule has 8 heteroatoms. The molecule has 0 unspecified atom stereocenters. The number of amides is 1. The second-order valence-electron chi connectivity index (χ2n) is 6.13. The number of benzene rings is 3. The third kappa shape index (κ3) is 6.42. The quantitative estimate of drug-likeness (QED) is 0.517. The lowest BCUT2D eigenvalue weighted by Gasteiger charge is -2.09. The fourth-order valence-electron chi connectivity index (χ4n) is 2.44. The number of halogens is 1. The van der Waals surface area contributed by atoms with Gasteiger partial charge in [-0.3, -0.25) is 4.79 Å². The first kappa shape index (κ1) is 21.0. The number of hydrogen-bond donors (Lipinski definition) is 2. The molecular weight excluding hydrogens is 456 g/mol. The molecular formula is C21H19BrN2O4S. The molecule has 0 heterocycles. The lowest BCUT2D eigenvalue weighted by atomic mass is 10.2. The highest BCUT2D eigenvalue weighted by molar-refractivity contribution is 9.10. The van der Waals surface area contributed by atoms with Crippen LogP contribution in [0.1, 0.15) is 5.56 Å². The van der Waals surface area contributed by atoms with Gasteiger partial charge in [-0.25, -0.2) is 13.1 Å². The third-order valence-corrected chi connectivity index (χ3v) is 5.88. The number of sulfonamides is 1. The van der Waals surface area contributed by atoms with Crippen LogP contribution in [-0.2, 0) is 21.4 Å². The summed E-state index contributed by atoms with van der Waals surface area (Å²) < 4.78 is 33.2. The topological polar surface area (TPSA) is 84.5 Å². The molecule has 0 saturated carbocycles. The highest BCUT2D eigenvalue weighted by Gasteiger charge is 2.15. The van der Waals surface area contributed by atoms with Crippen LogP contribution in [0.25, 0.3) is 0 Å². The summed E-state index contributed by atoms with van der Waals surface area (Å²) in [7, 11) is -3.76. The Balaban J connectivity index is 1.49. The molecule has 0 aliphatic carbocycles. The molecule has 0 atom stereocenters. The van der Waals surface area contributed by atoms with Crippen LogP contribution in [0.4, 0.5) is 5.69 Å². The van der Waals surface area contributed by atoms with Gasteiger partial charge in [0.15, 0.2) is 0 Å². The van der Waals surface area contributed by atoms with Crippen molar-refractivity contribution in [3.8, 4) is 5.75 Å². The third-order valence-electron chi connectivity index (χ3n) is 3.93. The van der Waals surface area contributed by atoms with E-state index >= 15 is 0 Å². The SMILES string of the molecule is O=C(CNS(=O)(=O)c1ccc(Br)cc1)Nc1ccc(OCc2ccccc2)cc1. The van der Waals surface area contributed by atoms with Crippen molar-refractivity contribution < 1.29 is 17.9 Å². The van der Waals surface area contributed by atoms with Crippen molar-refractivity contribution in [1.29, 1.82) is 0 Å². The standard InChI is InChI=1S/C21H19BrN2O4S/c22-17-6-12-20(13-7-17)29(26,27)23-14-21(25)24-18-8-10-19(11-9-18)28-15-16-4-2-1-3-5-16/h1-13,23H,14-15H2,(H,24,25). The van der Waals surface area contributed by atoms with Gasteiger partial charge in [-0.05, 0) is 54.1 Å². The summed E-state index contributed by atoms with van der Waals surface area (Å²) in [6.45, 7) is 0.0784. The van der Waals surface area contributed by atoms with E-state index < -0.39 is 15.9 Å². The first-order chi connectivity index (χ1) is 13.9. The summed E-state index contributed by atoms with van der Waals surface area (Å²) >= 11 is 3.25. The van der Waals surface area contributed by atoms with Gasteiger partial charge in [0, 0.05) is 10.2 Å². The molecule has 150 valence electrons. The zero-order valence-electron chi connectivity index (χ0n) is 15.3. The van der Waals surface area contributed by atoms with E-state index in [1.807, 2.05) is 30.3 Å². The molecule has 0 radical (unpaired) electrons. The van der Waals surface area contributed by atoms with Crippen LogP contribution < -0.4 is 14.8 Å². The predicted molar refractivity (Wildman–Crippen MR) is 115 cm³/mol. The Morgan fingerprint density at radius 2 is 1.55 bits per heavy atom. The molecule has 0 bridgehead atoms. The van der Waals surface area contributed by atoms with Crippen LogP contribution in [0, 0.1) is 0 Å². The van der Waals surface area contributed by atoms with E-state index in [0.717, 1.165) is 10.0 Å². The van der Waals surface area contributed by atoms with Crippen LogP contribution >= 0.6 is 15.9 Å². The molecule has 0 aliphatic rings. The van der Waals surface area contributed by atoms with E-state index in [2.05, 4.69) is 26.0 Å². The van der Waals surface area contributed by atoms with Crippen LogP contribution in [-0.4, -0.2) is 20.9 Å². The van der Waals surface area contributed by atoms with Crippen molar-refractivity contribution in [2.75, 3.05) is 11.9 Å². The van der Waals surface area contributed by atoms with Crippen molar-refractivity contribution in [1.82, 2.24) is 4.72 Å². The minimum Gasteiger partial charge on any atom is -0.489 e. The average molecular weight is 475 g/mol. The van der Waals surface area contributed by atoms with E-state index in [1.54, 1.807) is 36.4 Å². The van der Waals surface area contributed by atoms with Crippen molar-refractivity contribution in [2.45, 2.75) is 11.5 Å². The van der Waals surface area contributed by atoms with Gasteiger partial charge in [0.05, 0.1) is 11.4 Å². The number of anilines is 1. The summed E-state index contributed by atoms with van der Waals surface area (Å²) in [4.78, 5) is 12.2. The monoisotopic (exact) mass is 474 g/mol. The van der Waals surface area contributed by atoms with Crippen LogP contribution in [0.2, 0.25) is 0 Å². The Labute approximate surface area is 178 Å². The largest absolute Gasteiger partial charge is 0.489 e. The molecule has 0 saturated heterocycles. The maximum atomic E-state index is 12.2. The molecule has 3 aromatic carbocycles. The first-order valence-electron chi connectivity index (χ1n) is 8.74. The predicted octanol–water partition coefficient (Wildman–Crippen LogP) is 3.95. The molecule has 0 aromatic heterocycles. The van der Waals surface area contributed by atoms with E-state index in [-0.39, 0.29) is 11.4 Å². The molecule has 2 N–H and O–H groups in total. The molecule has 0 spiro atoms. The van der Waals surface area contributed by atoms with Crippen molar-refractivity contribution >= 4 is 37.5 Å². The summed E-state index contributed by atoms with van der Waals surface area (Å²) in [5, 5.41) is 2.65. The molecule has 0 fully saturated rings. The molecule has 3 rings (SSSR count). The molecule has 0 aliphatic heterocycles. The average Bonchev–Trinajstić information content (AvgIpc) is 2.73. The first-order valence-corrected chi connectivity index (χ1v) is 11.0. The van der Waals surface area contributed by atoms with Crippen LogP contribution in [0.5, 0.6) is 5.75 Å². The van der Waals surface area contributed by atoms with Crippen LogP contribution in [0.3, 0.4) is 0 Å². The molecule has 1 amide bonds. The number of carbonyl (C=O) groups excluding carboxylic acids is 1. The second kappa shape index (κ2) is 9.69. The van der Waals surface area contributed by atoms with Crippen molar-refractivity contribution in [3.05, 3.63) is 88.9 Å². The Morgan fingerprint density at radius 1 is 0.897 bits per heavy atom. The van der Waals surface area contributed by atoms with Gasteiger partial charge in [0.1, 0.15) is 12.4 Å². The van der Waals surface area contributed by atoms with Gasteiger partial charge in [0.2, 0.25) is 15.9 Å². The maximum absolute atomic E-state index is 12.2. The van der Waals surface area contributed by atoms with Gasteiger partial charge in [-0.15, -0.1) is 0 Å². The van der Waals surface area contributed by atoms with E-state index in [0.29, 0.717) is 18.0 Å². The zero-order chi connectivity index (χ0) is 20.7. The zero-order valence-corrected chi connectivity index (χ0v) is 17.7. The van der Waals surface area contributed by atoms with Gasteiger partial charge in [-0.1, -0.05) is 46.3 Å². The number of rotatable bonds is 8. The minimum absolute atomic E-state index is 0.0911. The second-order valence-corrected chi connectivity index (χ2v) is 8.81. The Bertz CT molecular complexity index is 1050. The molecule has 29 heavy (non-hydrogen) atoms. The van der Waals surface area contributed by atoms with Gasteiger partial charge in [0.25, 0.3) is 0 Å². The lowest BCUT2D eigenvalue weighted by Crippen LogP contribution is -2.32. The molecule has 6 nitrogen and oxygen atoms in total. The summed E-state index contributed by atoms with van der Waals surface area (Å²) in [5.41, 5.74) is 1.60. The maximum Gasteiger partial charge on any atom is 0.241 e. The normalized spacial score (nSPS) is 11.1. The Hall–Kier alpha value is -2.68. The van der Waals surface area contributed by atoms with Gasteiger partial charge < -0.3 is 10.1 Å². The smallest absolute Gasteiger partial charge is 0.241 e. The highest BCUT2D eigenvalue weighted by atomic mass is 79.9. The summed E-state index contributed by atoms with van der Waals surface area (Å²) in [6.07, 6.45) is 0. The van der Waals surface area contributed by atoms with Crippen molar-refractivity contribution in [2.24, 2.45) is 0 Å².